The molecule has 1 aromatic heterocycles. The third-order valence-corrected chi connectivity index (χ3v) is 3.58. The van der Waals surface area contributed by atoms with Crippen molar-refractivity contribution in [2.75, 3.05) is 20.8 Å². The van der Waals surface area contributed by atoms with Crippen LogP contribution in [0.5, 0.6) is 11.5 Å². The van der Waals surface area contributed by atoms with Gasteiger partial charge in [0.15, 0.2) is 11.5 Å². The highest BCUT2D eigenvalue weighted by Gasteiger charge is 2.19. The zero-order valence-electron chi connectivity index (χ0n) is 12.9. The predicted molar refractivity (Wildman–Crippen MR) is 91.8 cm³/mol. The summed E-state index contributed by atoms with van der Waals surface area (Å²) in [4.78, 5) is 8.11. The number of H-pyrrole nitrogens is 1. The number of fused-ring (bicyclic) bond motifs is 1. The van der Waals surface area contributed by atoms with Crippen molar-refractivity contribution in [3.63, 3.8) is 0 Å². The van der Waals surface area contributed by atoms with E-state index in [-0.39, 0.29) is 24.8 Å². The molecule has 2 heterocycles. The maximum Gasteiger partial charge on any atom is 0.171 e. The normalized spacial score (nSPS) is 12.7. The van der Waals surface area contributed by atoms with Crippen LogP contribution in [0.2, 0.25) is 0 Å². The SMILES string of the molecule is COc1cc(C)cc(-c2nc3c([nH]2)CNCC3)c1OC.Cl.Cl. The third kappa shape index (κ3) is 3.32. The fraction of sp³-hybridized carbons (Fsp3) is 0.400. The van der Waals surface area contributed by atoms with Crippen molar-refractivity contribution in [1.29, 1.82) is 0 Å². The molecule has 7 heteroatoms. The first-order valence-corrected chi connectivity index (χ1v) is 6.74. The molecule has 0 fully saturated rings. The summed E-state index contributed by atoms with van der Waals surface area (Å²) in [6.07, 6.45) is 0.955. The summed E-state index contributed by atoms with van der Waals surface area (Å²) in [5, 5.41) is 3.34. The first-order valence-electron chi connectivity index (χ1n) is 6.74. The van der Waals surface area contributed by atoms with E-state index in [4.69, 9.17) is 14.5 Å². The third-order valence-electron chi connectivity index (χ3n) is 3.58. The Morgan fingerprint density at radius 2 is 1.91 bits per heavy atom. The fourth-order valence-corrected chi connectivity index (χ4v) is 2.62. The van der Waals surface area contributed by atoms with Crippen molar-refractivity contribution in [2.24, 2.45) is 0 Å². The lowest BCUT2D eigenvalue weighted by molar-refractivity contribution is 0.355. The molecule has 0 radical (unpaired) electrons. The number of rotatable bonds is 3. The second kappa shape index (κ2) is 7.72. The van der Waals surface area contributed by atoms with E-state index in [0.29, 0.717) is 0 Å². The Morgan fingerprint density at radius 1 is 1.14 bits per heavy atom. The summed E-state index contributed by atoms with van der Waals surface area (Å²) >= 11 is 0. The molecule has 0 atom stereocenters. The molecule has 2 aromatic rings. The largest absolute Gasteiger partial charge is 0.493 e. The first kappa shape index (κ1) is 18.6. The average Bonchev–Trinajstić information content (AvgIpc) is 2.90. The number of ether oxygens (including phenoxy) is 2. The minimum absolute atomic E-state index is 0. The number of nitrogens with zero attached hydrogens (tertiary/aromatic N) is 1. The Bertz CT molecular complexity index is 620. The topological polar surface area (TPSA) is 59.2 Å². The number of imidazole rings is 1. The van der Waals surface area contributed by atoms with Crippen LogP contribution >= 0.6 is 24.8 Å². The molecule has 1 aromatic carbocycles. The van der Waals surface area contributed by atoms with E-state index < -0.39 is 0 Å². The van der Waals surface area contributed by atoms with Crippen molar-refractivity contribution in [2.45, 2.75) is 19.9 Å². The highest BCUT2D eigenvalue weighted by Crippen LogP contribution is 2.38. The summed E-state index contributed by atoms with van der Waals surface area (Å²) in [6, 6.07) is 4.03. The Kier molecular flexibility index (Phi) is 6.53. The molecule has 0 aliphatic carbocycles. The van der Waals surface area contributed by atoms with Gasteiger partial charge < -0.3 is 19.8 Å². The van der Waals surface area contributed by atoms with Crippen LogP contribution in [0.4, 0.5) is 0 Å². The van der Waals surface area contributed by atoms with E-state index in [9.17, 15) is 0 Å². The van der Waals surface area contributed by atoms with E-state index in [0.717, 1.165) is 59.3 Å². The van der Waals surface area contributed by atoms with Crippen LogP contribution in [0.25, 0.3) is 11.4 Å². The van der Waals surface area contributed by atoms with Crippen LogP contribution in [-0.2, 0) is 13.0 Å². The Morgan fingerprint density at radius 3 is 2.55 bits per heavy atom. The smallest absolute Gasteiger partial charge is 0.171 e. The van der Waals surface area contributed by atoms with Crippen molar-refractivity contribution in [3.05, 3.63) is 29.1 Å². The molecule has 1 aliphatic rings. The van der Waals surface area contributed by atoms with Crippen LogP contribution in [-0.4, -0.2) is 30.7 Å². The average molecular weight is 346 g/mol. The van der Waals surface area contributed by atoms with Crippen LogP contribution in [0.3, 0.4) is 0 Å². The van der Waals surface area contributed by atoms with Crippen LogP contribution in [0.1, 0.15) is 17.0 Å². The van der Waals surface area contributed by atoms with Gasteiger partial charge in [-0.3, -0.25) is 0 Å². The van der Waals surface area contributed by atoms with Gasteiger partial charge >= 0.3 is 0 Å². The molecule has 0 bridgehead atoms. The number of aromatic amines is 1. The number of methoxy groups -OCH3 is 2. The van der Waals surface area contributed by atoms with Gasteiger partial charge in [0.2, 0.25) is 0 Å². The minimum atomic E-state index is 0. The molecule has 122 valence electrons. The molecule has 0 unspecified atom stereocenters. The van der Waals surface area contributed by atoms with Gasteiger partial charge in [0.05, 0.1) is 31.2 Å². The maximum atomic E-state index is 5.51. The van der Waals surface area contributed by atoms with Gasteiger partial charge in [0, 0.05) is 19.5 Å². The molecule has 22 heavy (non-hydrogen) atoms. The predicted octanol–water partition coefficient (Wildman–Crippen LogP) is 2.89. The number of nitrogens with one attached hydrogen (secondary N) is 2. The summed E-state index contributed by atoms with van der Waals surface area (Å²) in [7, 11) is 3.30. The van der Waals surface area contributed by atoms with Crippen LogP contribution < -0.4 is 14.8 Å². The monoisotopic (exact) mass is 345 g/mol. The van der Waals surface area contributed by atoms with E-state index in [1.54, 1.807) is 14.2 Å². The summed E-state index contributed by atoms with van der Waals surface area (Å²) in [6.45, 7) is 3.86. The number of hydrogen-bond acceptors (Lipinski definition) is 4. The van der Waals surface area contributed by atoms with E-state index in [1.807, 2.05) is 13.0 Å². The quantitative estimate of drug-likeness (QED) is 0.897. The fourth-order valence-electron chi connectivity index (χ4n) is 2.62. The van der Waals surface area contributed by atoms with E-state index in [2.05, 4.69) is 16.4 Å². The van der Waals surface area contributed by atoms with Gasteiger partial charge in [0.25, 0.3) is 0 Å². The number of aryl methyl sites for hydroxylation is 1. The first-order chi connectivity index (χ1) is 9.72. The summed E-state index contributed by atoms with van der Waals surface area (Å²) in [5.74, 6) is 2.30. The Hall–Kier alpha value is -1.43. The molecule has 3 rings (SSSR count). The van der Waals surface area contributed by atoms with E-state index >= 15 is 0 Å². The number of hydrogen-bond donors (Lipinski definition) is 2. The highest BCUT2D eigenvalue weighted by molar-refractivity contribution is 5.85. The summed E-state index contributed by atoms with van der Waals surface area (Å²) < 4.78 is 10.9. The molecular formula is C15H21Cl2N3O2. The van der Waals surface area contributed by atoms with Crippen LogP contribution in [0.15, 0.2) is 12.1 Å². The maximum absolute atomic E-state index is 5.51. The molecular weight excluding hydrogens is 325 g/mol. The van der Waals surface area contributed by atoms with Crippen LogP contribution in [0, 0.1) is 6.92 Å². The van der Waals surface area contributed by atoms with Crippen molar-refractivity contribution in [1.82, 2.24) is 15.3 Å². The van der Waals surface area contributed by atoms with Gasteiger partial charge in [-0.1, -0.05) is 0 Å². The van der Waals surface area contributed by atoms with Gasteiger partial charge in [-0.05, 0) is 24.6 Å². The lowest BCUT2D eigenvalue weighted by atomic mass is 10.1. The molecule has 5 nitrogen and oxygen atoms in total. The number of halogens is 2. The number of benzene rings is 1. The standard InChI is InChI=1S/C15H19N3O2.2ClH/c1-9-6-10(14(20-3)13(7-9)19-2)15-17-11-4-5-16-8-12(11)18-15;;/h6-7,16H,4-5,8H2,1-3H3,(H,17,18);2*1H. The second-order valence-corrected chi connectivity index (χ2v) is 4.99. The molecule has 2 N–H and O–H groups in total. The lowest BCUT2D eigenvalue weighted by Crippen LogP contribution is -2.23. The van der Waals surface area contributed by atoms with Crippen molar-refractivity contribution in [3.8, 4) is 22.9 Å². The van der Waals surface area contributed by atoms with Gasteiger partial charge in [-0.25, -0.2) is 4.98 Å². The molecule has 0 spiro atoms. The van der Waals surface area contributed by atoms with Gasteiger partial charge in [0.1, 0.15) is 5.82 Å². The lowest BCUT2D eigenvalue weighted by Gasteiger charge is -2.12. The summed E-state index contributed by atoms with van der Waals surface area (Å²) in [5.41, 5.74) is 4.36. The van der Waals surface area contributed by atoms with Crippen molar-refractivity contribution < 1.29 is 9.47 Å². The zero-order valence-corrected chi connectivity index (χ0v) is 14.5. The molecule has 1 aliphatic heterocycles. The van der Waals surface area contributed by atoms with Gasteiger partial charge in [-0.15, -0.1) is 24.8 Å². The Labute approximate surface area is 142 Å². The highest BCUT2D eigenvalue weighted by atomic mass is 35.5. The van der Waals surface area contributed by atoms with E-state index in [1.165, 1.54) is 0 Å². The minimum Gasteiger partial charge on any atom is -0.493 e. The molecule has 0 saturated heterocycles. The molecule has 0 saturated carbocycles. The van der Waals surface area contributed by atoms with Gasteiger partial charge in [-0.2, -0.15) is 0 Å². The number of aromatic nitrogens is 2. The zero-order chi connectivity index (χ0) is 14.1. The Balaban J connectivity index is 0.00000121. The second-order valence-electron chi connectivity index (χ2n) is 4.99. The molecule has 0 amide bonds. The van der Waals surface area contributed by atoms with Crippen molar-refractivity contribution >= 4 is 24.8 Å².